The SMILES string of the molecule is COc1ccc2c(c1)C[C@@H](C(=O)N[C@H](C)C(=O)O)CO2. The molecule has 1 aliphatic heterocycles. The van der Waals surface area contributed by atoms with Gasteiger partial charge < -0.3 is 19.9 Å². The van der Waals surface area contributed by atoms with Gasteiger partial charge in [0.05, 0.1) is 13.0 Å². The van der Waals surface area contributed by atoms with E-state index in [1.54, 1.807) is 13.2 Å². The van der Waals surface area contributed by atoms with E-state index in [0.29, 0.717) is 12.2 Å². The minimum Gasteiger partial charge on any atom is -0.497 e. The van der Waals surface area contributed by atoms with Gasteiger partial charge in [0.1, 0.15) is 24.1 Å². The van der Waals surface area contributed by atoms with Crippen molar-refractivity contribution in [2.75, 3.05) is 13.7 Å². The van der Waals surface area contributed by atoms with Crippen LogP contribution in [0.1, 0.15) is 12.5 Å². The van der Waals surface area contributed by atoms with E-state index in [1.807, 2.05) is 12.1 Å². The average molecular weight is 279 g/mol. The molecule has 0 fully saturated rings. The molecule has 0 aromatic heterocycles. The summed E-state index contributed by atoms with van der Waals surface area (Å²) >= 11 is 0. The van der Waals surface area contributed by atoms with Crippen molar-refractivity contribution in [3.63, 3.8) is 0 Å². The van der Waals surface area contributed by atoms with Crippen LogP contribution in [0.15, 0.2) is 18.2 Å². The standard InChI is InChI=1S/C14H17NO5/c1-8(14(17)18)15-13(16)10-5-9-6-11(19-2)3-4-12(9)20-7-10/h3-4,6,8,10H,5,7H2,1-2H3,(H,15,16)(H,17,18)/t8-,10-/m1/s1. The largest absolute Gasteiger partial charge is 0.497 e. The number of carboxylic acids is 1. The van der Waals surface area contributed by atoms with Gasteiger partial charge in [0.15, 0.2) is 0 Å². The number of carbonyl (C=O) groups is 2. The molecule has 1 amide bonds. The second-order valence-corrected chi connectivity index (χ2v) is 4.75. The lowest BCUT2D eigenvalue weighted by Gasteiger charge is -2.25. The first-order chi connectivity index (χ1) is 9.51. The van der Waals surface area contributed by atoms with Gasteiger partial charge in [-0.3, -0.25) is 9.59 Å². The van der Waals surface area contributed by atoms with Crippen LogP contribution in [-0.4, -0.2) is 36.7 Å². The summed E-state index contributed by atoms with van der Waals surface area (Å²) in [7, 11) is 1.57. The molecular weight excluding hydrogens is 262 g/mol. The topological polar surface area (TPSA) is 84.9 Å². The van der Waals surface area contributed by atoms with Gasteiger partial charge in [-0.05, 0) is 37.1 Å². The van der Waals surface area contributed by atoms with Gasteiger partial charge in [-0.2, -0.15) is 0 Å². The Kier molecular flexibility index (Phi) is 4.12. The van der Waals surface area contributed by atoms with Crippen LogP contribution in [0, 0.1) is 5.92 Å². The number of carboxylic acid groups (broad SMARTS) is 1. The number of ether oxygens (including phenoxy) is 2. The van der Waals surface area contributed by atoms with Crippen molar-refractivity contribution in [3.05, 3.63) is 23.8 Å². The molecule has 2 rings (SSSR count). The molecule has 1 aromatic carbocycles. The zero-order chi connectivity index (χ0) is 14.7. The molecule has 0 saturated heterocycles. The number of nitrogens with one attached hydrogen (secondary N) is 1. The number of benzene rings is 1. The fourth-order valence-corrected chi connectivity index (χ4v) is 2.06. The second-order valence-electron chi connectivity index (χ2n) is 4.75. The van der Waals surface area contributed by atoms with Crippen LogP contribution in [0.5, 0.6) is 11.5 Å². The molecular formula is C14H17NO5. The summed E-state index contributed by atoms with van der Waals surface area (Å²) in [6.07, 6.45) is 0.505. The molecule has 2 N–H and O–H groups in total. The number of aliphatic carboxylic acids is 1. The minimum atomic E-state index is -1.06. The Hall–Kier alpha value is -2.24. The lowest BCUT2D eigenvalue weighted by atomic mass is 9.95. The van der Waals surface area contributed by atoms with Gasteiger partial charge in [0.2, 0.25) is 5.91 Å². The highest BCUT2D eigenvalue weighted by molar-refractivity contribution is 5.85. The van der Waals surface area contributed by atoms with E-state index in [1.165, 1.54) is 6.92 Å². The van der Waals surface area contributed by atoms with E-state index < -0.39 is 17.9 Å². The van der Waals surface area contributed by atoms with Crippen LogP contribution in [0.4, 0.5) is 0 Å². The van der Waals surface area contributed by atoms with E-state index in [-0.39, 0.29) is 12.5 Å². The summed E-state index contributed by atoms with van der Waals surface area (Å²) in [6, 6.07) is 4.53. The maximum absolute atomic E-state index is 12.0. The fraction of sp³-hybridized carbons (Fsp3) is 0.429. The van der Waals surface area contributed by atoms with E-state index in [4.69, 9.17) is 14.6 Å². The summed E-state index contributed by atoms with van der Waals surface area (Å²) in [5.41, 5.74) is 0.888. The lowest BCUT2D eigenvalue weighted by Crippen LogP contribution is -2.44. The van der Waals surface area contributed by atoms with E-state index in [9.17, 15) is 9.59 Å². The monoisotopic (exact) mass is 279 g/mol. The Bertz CT molecular complexity index is 528. The maximum atomic E-state index is 12.0. The quantitative estimate of drug-likeness (QED) is 0.853. The molecule has 0 bridgehead atoms. The smallest absolute Gasteiger partial charge is 0.325 e. The number of fused-ring (bicyclic) bond motifs is 1. The zero-order valence-electron chi connectivity index (χ0n) is 11.4. The molecule has 1 aromatic rings. The fourth-order valence-electron chi connectivity index (χ4n) is 2.06. The van der Waals surface area contributed by atoms with E-state index in [0.717, 1.165) is 11.3 Å². The first kappa shape index (κ1) is 14.2. The van der Waals surface area contributed by atoms with Gasteiger partial charge in [0, 0.05) is 0 Å². The number of amides is 1. The number of methoxy groups -OCH3 is 1. The van der Waals surface area contributed by atoms with Gasteiger partial charge in [-0.1, -0.05) is 0 Å². The van der Waals surface area contributed by atoms with Crippen molar-refractivity contribution in [1.82, 2.24) is 5.32 Å². The third kappa shape index (κ3) is 3.01. The summed E-state index contributed by atoms with van der Waals surface area (Å²) in [6.45, 7) is 1.68. The van der Waals surface area contributed by atoms with Crippen LogP contribution in [0.2, 0.25) is 0 Å². The normalized spacial score (nSPS) is 18.4. The molecule has 20 heavy (non-hydrogen) atoms. The highest BCUT2D eigenvalue weighted by atomic mass is 16.5. The first-order valence-electron chi connectivity index (χ1n) is 6.34. The number of carbonyl (C=O) groups excluding carboxylic acids is 1. The Morgan fingerprint density at radius 1 is 1.50 bits per heavy atom. The molecule has 108 valence electrons. The van der Waals surface area contributed by atoms with Gasteiger partial charge in [0.25, 0.3) is 0 Å². The molecule has 6 nitrogen and oxygen atoms in total. The summed E-state index contributed by atoms with van der Waals surface area (Å²) < 4.78 is 10.7. The maximum Gasteiger partial charge on any atom is 0.325 e. The molecule has 0 radical (unpaired) electrons. The summed E-state index contributed by atoms with van der Waals surface area (Å²) in [5.74, 6) is -0.324. The predicted octanol–water partition coefficient (Wildman–Crippen LogP) is 0.836. The predicted molar refractivity (Wildman–Crippen MR) is 70.9 cm³/mol. The molecule has 1 aliphatic rings. The van der Waals surface area contributed by atoms with Crippen molar-refractivity contribution in [2.45, 2.75) is 19.4 Å². The van der Waals surface area contributed by atoms with Crippen molar-refractivity contribution < 1.29 is 24.2 Å². The Labute approximate surface area is 116 Å². The first-order valence-corrected chi connectivity index (χ1v) is 6.34. The van der Waals surface area contributed by atoms with Crippen LogP contribution in [-0.2, 0) is 16.0 Å². The van der Waals surface area contributed by atoms with E-state index in [2.05, 4.69) is 5.32 Å². The minimum absolute atomic E-state index is 0.248. The van der Waals surface area contributed by atoms with Crippen molar-refractivity contribution in [1.29, 1.82) is 0 Å². The Morgan fingerprint density at radius 2 is 2.25 bits per heavy atom. The number of rotatable bonds is 4. The molecule has 2 atom stereocenters. The molecule has 1 heterocycles. The van der Waals surface area contributed by atoms with Gasteiger partial charge >= 0.3 is 5.97 Å². The number of hydrogen-bond donors (Lipinski definition) is 2. The van der Waals surface area contributed by atoms with Crippen LogP contribution in [0.3, 0.4) is 0 Å². The third-order valence-corrected chi connectivity index (χ3v) is 3.27. The average Bonchev–Trinajstić information content (AvgIpc) is 2.45. The molecule has 6 heteroatoms. The molecule has 0 spiro atoms. The van der Waals surface area contributed by atoms with Crippen molar-refractivity contribution >= 4 is 11.9 Å². The highest BCUT2D eigenvalue weighted by Crippen LogP contribution is 2.30. The summed E-state index contributed by atoms with van der Waals surface area (Å²) in [4.78, 5) is 22.7. The number of hydrogen-bond acceptors (Lipinski definition) is 4. The highest BCUT2D eigenvalue weighted by Gasteiger charge is 2.28. The molecule has 0 unspecified atom stereocenters. The lowest BCUT2D eigenvalue weighted by molar-refractivity contribution is -0.142. The molecule has 0 aliphatic carbocycles. The zero-order valence-corrected chi connectivity index (χ0v) is 11.4. The molecule has 0 saturated carbocycles. The van der Waals surface area contributed by atoms with E-state index >= 15 is 0 Å². The van der Waals surface area contributed by atoms with Gasteiger partial charge in [-0.25, -0.2) is 0 Å². The Balaban J connectivity index is 2.06. The van der Waals surface area contributed by atoms with Gasteiger partial charge in [-0.15, -0.1) is 0 Å². The van der Waals surface area contributed by atoms with Crippen LogP contribution in [0.25, 0.3) is 0 Å². The van der Waals surface area contributed by atoms with Crippen molar-refractivity contribution in [2.24, 2.45) is 5.92 Å². The second kappa shape index (κ2) is 5.81. The third-order valence-electron chi connectivity index (χ3n) is 3.27. The summed E-state index contributed by atoms with van der Waals surface area (Å²) in [5, 5.41) is 11.3. The van der Waals surface area contributed by atoms with Crippen LogP contribution >= 0.6 is 0 Å². The van der Waals surface area contributed by atoms with Crippen LogP contribution < -0.4 is 14.8 Å². The Morgan fingerprint density at radius 3 is 2.90 bits per heavy atom. The van der Waals surface area contributed by atoms with Crippen molar-refractivity contribution in [3.8, 4) is 11.5 Å².